The maximum atomic E-state index is 11.3. The van der Waals surface area contributed by atoms with Crippen LogP contribution in [0.25, 0.3) is 10.9 Å². The van der Waals surface area contributed by atoms with Gasteiger partial charge in [-0.1, -0.05) is 18.2 Å². The van der Waals surface area contributed by atoms with Crippen LogP contribution < -0.4 is 5.32 Å². The van der Waals surface area contributed by atoms with Gasteiger partial charge in [0.25, 0.3) is 0 Å². The highest BCUT2D eigenvalue weighted by molar-refractivity contribution is 6.00. The van der Waals surface area contributed by atoms with Crippen LogP contribution in [0.1, 0.15) is 36.0 Å². The Morgan fingerprint density at radius 2 is 1.85 bits per heavy atom. The number of para-hydroxylation sites is 1. The molecule has 1 N–H and O–H groups in total. The van der Waals surface area contributed by atoms with Crippen molar-refractivity contribution in [2.75, 3.05) is 5.32 Å². The Morgan fingerprint density at radius 3 is 2.50 bits per heavy atom. The monoisotopic (exact) mass is 266 g/mol. The first-order chi connectivity index (χ1) is 9.86. The molecule has 2 aliphatic carbocycles. The molecule has 2 aliphatic rings. The lowest BCUT2D eigenvalue weighted by atomic mass is 10.0. The van der Waals surface area contributed by atoms with E-state index in [-0.39, 0.29) is 0 Å². The molecule has 0 radical (unpaired) electrons. The molecule has 0 bridgehead atoms. The molecule has 0 amide bonds. The van der Waals surface area contributed by atoms with Crippen molar-refractivity contribution in [1.82, 2.24) is 4.98 Å². The summed E-state index contributed by atoms with van der Waals surface area (Å²) in [6, 6.07) is 8.58. The molecule has 4 rings (SSSR count). The first-order valence-electron chi connectivity index (χ1n) is 7.46. The average molecular weight is 266 g/mol. The number of carbonyl (C=O) groups excluding carboxylic acids is 1. The second-order valence-electron chi connectivity index (χ2n) is 6.07. The van der Waals surface area contributed by atoms with Gasteiger partial charge in [-0.3, -0.25) is 9.78 Å². The maximum Gasteiger partial charge on any atom is 0.153 e. The minimum Gasteiger partial charge on any atom is -0.381 e. The molecule has 1 aromatic heterocycles. The predicted molar refractivity (Wildman–Crippen MR) is 80.0 cm³/mol. The Hall–Kier alpha value is -1.90. The summed E-state index contributed by atoms with van der Waals surface area (Å²) in [5, 5.41) is 4.75. The number of rotatable bonds is 5. The third-order valence-electron chi connectivity index (χ3n) is 4.50. The van der Waals surface area contributed by atoms with Crippen LogP contribution in [0.4, 0.5) is 5.69 Å². The Labute approximate surface area is 118 Å². The Kier molecular flexibility index (Phi) is 2.72. The number of nitrogens with one attached hydrogen (secondary N) is 1. The van der Waals surface area contributed by atoms with Gasteiger partial charge in [0.2, 0.25) is 0 Å². The zero-order valence-corrected chi connectivity index (χ0v) is 11.4. The summed E-state index contributed by atoms with van der Waals surface area (Å²) in [5.41, 5.74) is 2.61. The summed E-state index contributed by atoms with van der Waals surface area (Å²) in [6.07, 6.45) is 7.91. The lowest BCUT2D eigenvalue weighted by molar-refractivity contribution is 0.112. The summed E-state index contributed by atoms with van der Waals surface area (Å²) in [6.45, 7) is 0. The summed E-state index contributed by atoms with van der Waals surface area (Å²) in [7, 11) is 0. The highest BCUT2D eigenvalue weighted by Gasteiger charge is 2.41. The highest BCUT2D eigenvalue weighted by atomic mass is 16.1. The lowest BCUT2D eigenvalue weighted by Gasteiger charge is -2.21. The molecule has 2 fully saturated rings. The molecule has 0 spiro atoms. The Morgan fingerprint density at radius 1 is 1.15 bits per heavy atom. The fourth-order valence-electron chi connectivity index (χ4n) is 3.11. The van der Waals surface area contributed by atoms with E-state index in [1.165, 1.54) is 25.7 Å². The fraction of sp³-hybridized carbons (Fsp3) is 0.412. The molecular formula is C17H18N2O. The first kappa shape index (κ1) is 11.9. The number of carbonyl (C=O) groups is 1. The second-order valence-corrected chi connectivity index (χ2v) is 6.07. The Bertz CT molecular complexity index is 647. The number of aldehydes is 1. The van der Waals surface area contributed by atoms with E-state index in [2.05, 4.69) is 16.4 Å². The number of aromatic nitrogens is 1. The minimum absolute atomic E-state index is 0.541. The molecular weight excluding hydrogens is 248 g/mol. The smallest absolute Gasteiger partial charge is 0.153 e. The minimum atomic E-state index is 0.541. The molecule has 2 saturated carbocycles. The second kappa shape index (κ2) is 4.58. The van der Waals surface area contributed by atoms with Crippen LogP contribution in [-0.2, 0) is 0 Å². The van der Waals surface area contributed by atoms with E-state index in [1.54, 1.807) is 6.20 Å². The number of hydrogen-bond donors (Lipinski definition) is 1. The summed E-state index contributed by atoms with van der Waals surface area (Å²) in [4.78, 5) is 15.7. The van der Waals surface area contributed by atoms with Gasteiger partial charge in [-0.05, 0) is 43.6 Å². The summed E-state index contributed by atoms with van der Waals surface area (Å²) < 4.78 is 0. The van der Waals surface area contributed by atoms with Gasteiger partial charge in [0, 0.05) is 17.6 Å². The van der Waals surface area contributed by atoms with Crippen molar-refractivity contribution >= 4 is 22.9 Å². The zero-order valence-electron chi connectivity index (χ0n) is 11.4. The van der Waals surface area contributed by atoms with Crippen molar-refractivity contribution < 1.29 is 4.79 Å². The van der Waals surface area contributed by atoms with E-state index in [9.17, 15) is 4.79 Å². The largest absolute Gasteiger partial charge is 0.381 e. The van der Waals surface area contributed by atoms with E-state index in [4.69, 9.17) is 0 Å². The number of fused-ring (bicyclic) bond motifs is 1. The molecule has 3 heteroatoms. The van der Waals surface area contributed by atoms with Crippen LogP contribution in [0.15, 0.2) is 30.5 Å². The molecule has 0 unspecified atom stereocenters. The zero-order chi connectivity index (χ0) is 13.5. The van der Waals surface area contributed by atoms with Gasteiger partial charge in [-0.2, -0.15) is 0 Å². The van der Waals surface area contributed by atoms with E-state index < -0.39 is 0 Å². The summed E-state index contributed by atoms with van der Waals surface area (Å²) >= 11 is 0. The molecule has 2 aromatic rings. The van der Waals surface area contributed by atoms with Gasteiger partial charge in [-0.25, -0.2) is 0 Å². The number of anilines is 1. The first-order valence-corrected chi connectivity index (χ1v) is 7.46. The average Bonchev–Trinajstić information content (AvgIpc) is 3.38. The van der Waals surface area contributed by atoms with Gasteiger partial charge in [0.05, 0.1) is 16.8 Å². The third kappa shape index (κ3) is 2.07. The van der Waals surface area contributed by atoms with E-state index in [1.807, 2.05) is 18.2 Å². The number of benzene rings is 1. The van der Waals surface area contributed by atoms with Crippen LogP contribution in [0.5, 0.6) is 0 Å². The quantitative estimate of drug-likeness (QED) is 0.840. The predicted octanol–water partition coefficient (Wildman–Crippen LogP) is 3.65. The normalized spacial score (nSPS) is 18.4. The van der Waals surface area contributed by atoms with Crippen molar-refractivity contribution in [2.24, 2.45) is 11.8 Å². The summed E-state index contributed by atoms with van der Waals surface area (Å²) in [5.74, 6) is 1.60. The molecule has 1 aromatic carbocycles. The van der Waals surface area contributed by atoms with Gasteiger partial charge < -0.3 is 5.32 Å². The highest BCUT2D eigenvalue weighted by Crippen LogP contribution is 2.46. The maximum absolute atomic E-state index is 11.3. The van der Waals surface area contributed by atoms with Crippen LogP contribution in [-0.4, -0.2) is 17.3 Å². The SMILES string of the molecule is O=Cc1cnc2ccccc2c1NC(C1CC1)C1CC1. The van der Waals surface area contributed by atoms with Crippen molar-refractivity contribution in [1.29, 1.82) is 0 Å². The van der Waals surface area contributed by atoms with Crippen LogP contribution in [0.3, 0.4) is 0 Å². The van der Waals surface area contributed by atoms with Crippen LogP contribution in [0.2, 0.25) is 0 Å². The molecule has 3 nitrogen and oxygen atoms in total. The van der Waals surface area contributed by atoms with Crippen LogP contribution >= 0.6 is 0 Å². The Balaban J connectivity index is 1.77. The van der Waals surface area contributed by atoms with Gasteiger partial charge >= 0.3 is 0 Å². The number of pyridine rings is 1. The van der Waals surface area contributed by atoms with Crippen molar-refractivity contribution in [3.05, 3.63) is 36.0 Å². The third-order valence-corrected chi connectivity index (χ3v) is 4.50. The number of nitrogens with zero attached hydrogens (tertiary/aromatic N) is 1. The molecule has 1 heterocycles. The molecule has 0 atom stereocenters. The van der Waals surface area contributed by atoms with E-state index >= 15 is 0 Å². The van der Waals surface area contributed by atoms with Crippen LogP contribution in [0, 0.1) is 11.8 Å². The fourth-order valence-corrected chi connectivity index (χ4v) is 3.11. The molecule has 20 heavy (non-hydrogen) atoms. The van der Waals surface area contributed by atoms with E-state index in [0.717, 1.165) is 34.7 Å². The van der Waals surface area contributed by atoms with Gasteiger partial charge in [-0.15, -0.1) is 0 Å². The molecule has 0 aliphatic heterocycles. The molecule has 102 valence electrons. The number of hydrogen-bond acceptors (Lipinski definition) is 3. The van der Waals surface area contributed by atoms with Crippen molar-refractivity contribution in [3.63, 3.8) is 0 Å². The van der Waals surface area contributed by atoms with E-state index in [0.29, 0.717) is 11.6 Å². The molecule has 0 saturated heterocycles. The van der Waals surface area contributed by atoms with Gasteiger partial charge in [0.1, 0.15) is 0 Å². The van der Waals surface area contributed by atoms with Gasteiger partial charge in [0.15, 0.2) is 6.29 Å². The lowest BCUT2D eigenvalue weighted by Crippen LogP contribution is -2.25. The topological polar surface area (TPSA) is 42.0 Å². The standard InChI is InChI=1S/C17H18N2O/c20-10-13-9-18-15-4-2-1-3-14(15)17(13)19-16(11-5-6-11)12-7-8-12/h1-4,9-12,16H,5-8H2,(H,18,19). The van der Waals surface area contributed by atoms with Crippen molar-refractivity contribution in [3.8, 4) is 0 Å². The van der Waals surface area contributed by atoms with Crippen molar-refractivity contribution in [2.45, 2.75) is 31.7 Å².